The van der Waals surface area contributed by atoms with Gasteiger partial charge in [0.05, 0.1) is 0 Å². The van der Waals surface area contributed by atoms with E-state index in [4.69, 9.17) is 9.47 Å². The van der Waals surface area contributed by atoms with Gasteiger partial charge in [-0.15, -0.1) is 0 Å². The van der Waals surface area contributed by atoms with Crippen LogP contribution >= 0.6 is 0 Å². The number of nitrogens with one attached hydrogen (secondary N) is 1. The minimum atomic E-state index is -1.10. The molecule has 3 N–H and O–H groups in total. The SMILES string of the molecule is O=C1OCCOC(=O)C(c2ccccc2O)NC1c1ccccc1O. The Hall–Kier alpha value is -3.06. The minimum Gasteiger partial charge on any atom is -0.508 e. The van der Waals surface area contributed by atoms with Gasteiger partial charge < -0.3 is 19.7 Å². The molecule has 0 saturated carbocycles. The number of phenols is 2. The van der Waals surface area contributed by atoms with Crippen LogP contribution in [0.1, 0.15) is 23.2 Å². The molecule has 1 heterocycles. The van der Waals surface area contributed by atoms with Gasteiger partial charge in [0.15, 0.2) is 0 Å². The maximum absolute atomic E-state index is 12.4. The number of rotatable bonds is 2. The summed E-state index contributed by atoms with van der Waals surface area (Å²) in [6.45, 7) is -0.187. The number of carbonyl (C=O) groups is 2. The second-order valence-corrected chi connectivity index (χ2v) is 5.49. The van der Waals surface area contributed by atoms with Crippen LogP contribution in [0.3, 0.4) is 0 Å². The summed E-state index contributed by atoms with van der Waals surface area (Å²) in [7, 11) is 0. The van der Waals surface area contributed by atoms with E-state index < -0.39 is 24.0 Å². The zero-order valence-electron chi connectivity index (χ0n) is 13.2. The molecule has 2 aromatic rings. The summed E-state index contributed by atoms with van der Waals surface area (Å²) in [6.07, 6.45) is 0. The lowest BCUT2D eigenvalue weighted by Gasteiger charge is -2.23. The molecule has 130 valence electrons. The van der Waals surface area contributed by atoms with Gasteiger partial charge in [-0.1, -0.05) is 36.4 Å². The number of cyclic esters (lactones) is 2. The minimum absolute atomic E-state index is 0.0934. The summed E-state index contributed by atoms with van der Waals surface area (Å²) in [5, 5.41) is 23.0. The van der Waals surface area contributed by atoms with Crippen LogP contribution in [0.25, 0.3) is 0 Å². The summed E-state index contributed by atoms with van der Waals surface area (Å²) < 4.78 is 10.2. The predicted molar refractivity (Wildman–Crippen MR) is 86.7 cm³/mol. The molecule has 0 spiro atoms. The van der Waals surface area contributed by atoms with E-state index in [1.165, 1.54) is 12.1 Å². The average molecular weight is 343 g/mol. The lowest BCUT2D eigenvalue weighted by Crippen LogP contribution is -2.36. The van der Waals surface area contributed by atoms with Crippen molar-refractivity contribution in [1.82, 2.24) is 5.32 Å². The number of para-hydroxylation sites is 2. The van der Waals surface area contributed by atoms with Gasteiger partial charge >= 0.3 is 11.9 Å². The molecule has 25 heavy (non-hydrogen) atoms. The van der Waals surface area contributed by atoms with Gasteiger partial charge in [0, 0.05) is 11.1 Å². The molecule has 1 aliphatic heterocycles. The van der Waals surface area contributed by atoms with Crippen molar-refractivity contribution in [3.63, 3.8) is 0 Å². The lowest BCUT2D eigenvalue weighted by molar-refractivity contribution is -0.150. The third-order valence-electron chi connectivity index (χ3n) is 3.87. The molecular formula is C18H17NO6. The van der Waals surface area contributed by atoms with Crippen molar-refractivity contribution in [2.45, 2.75) is 12.1 Å². The summed E-state index contributed by atoms with van der Waals surface area (Å²) in [4.78, 5) is 24.8. The number of ether oxygens (including phenoxy) is 2. The highest BCUT2D eigenvalue weighted by atomic mass is 16.6. The van der Waals surface area contributed by atoms with Crippen molar-refractivity contribution < 1.29 is 29.3 Å². The fourth-order valence-corrected chi connectivity index (χ4v) is 2.65. The molecule has 0 aromatic heterocycles. The van der Waals surface area contributed by atoms with Crippen molar-refractivity contribution in [3.8, 4) is 11.5 Å². The summed E-state index contributed by atoms with van der Waals surface area (Å²) in [5.41, 5.74) is 0.533. The second-order valence-electron chi connectivity index (χ2n) is 5.49. The maximum atomic E-state index is 12.4. The molecule has 2 atom stereocenters. The molecule has 0 bridgehead atoms. The highest BCUT2D eigenvalue weighted by Gasteiger charge is 2.34. The highest BCUT2D eigenvalue weighted by molar-refractivity contribution is 5.83. The molecule has 0 aliphatic carbocycles. The number of carbonyl (C=O) groups excluding carboxylic acids is 2. The Morgan fingerprint density at radius 3 is 1.56 bits per heavy atom. The third-order valence-corrected chi connectivity index (χ3v) is 3.87. The normalized spacial score (nSPS) is 21.4. The Balaban J connectivity index is 2.04. The van der Waals surface area contributed by atoms with Crippen molar-refractivity contribution >= 4 is 11.9 Å². The van der Waals surface area contributed by atoms with Crippen LogP contribution in [0.4, 0.5) is 0 Å². The smallest absolute Gasteiger partial charge is 0.328 e. The van der Waals surface area contributed by atoms with E-state index >= 15 is 0 Å². The van der Waals surface area contributed by atoms with Crippen molar-refractivity contribution in [3.05, 3.63) is 59.7 Å². The molecule has 2 unspecified atom stereocenters. The van der Waals surface area contributed by atoms with Gasteiger partial charge in [-0.05, 0) is 12.1 Å². The molecule has 1 aliphatic rings. The number of hydrogen-bond acceptors (Lipinski definition) is 7. The number of aromatic hydroxyl groups is 2. The lowest BCUT2D eigenvalue weighted by atomic mass is 10.0. The van der Waals surface area contributed by atoms with Gasteiger partial charge in [0.1, 0.15) is 36.8 Å². The third kappa shape index (κ3) is 3.56. The molecule has 0 radical (unpaired) electrons. The molecule has 0 amide bonds. The standard InChI is InChI=1S/C18H17NO6/c20-13-7-3-1-5-11(13)15-17(22)24-9-10-25-18(23)16(19-15)12-6-2-4-8-14(12)21/h1-8,15-16,19-21H,9-10H2. The predicted octanol–water partition coefficient (Wildman–Crippen LogP) is 1.57. The second kappa shape index (κ2) is 7.23. The van der Waals surface area contributed by atoms with E-state index in [1.807, 2.05) is 0 Å². The first-order chi connectivity index (χ1) is 12.1. The fourth-order valence-electron chi connectivity index (χ4n) is 2.65. The fraction of sp³-hybridized carbons (Fsp3) is 0.222. The number of benzene rings is 2. The van der Waals surface area contributed by atoms with Gasteiger partial charge in [-0.2, -0.15) is 0 Å². The average Bonchev–Trinajstić information content (AvgIpc) is 2.67. The van der Waals surface area contributed by atoms with Gasteiger partial charge in [-0.25, -0.2) is 9.59 Å². The monoisotopic (exact) mass is 343 g/mol. The van der Waals surface area contributed by atoms with Crippen LogP contribution < -0.4 is 5.32 Å². The van der Waals surface area contributed by atoms with E-state index in [2.05, 4.69) is 5.32 Å². The number of phenolic OH excluding ortho intramolecular Hbond substituents is 2. The Morgan fingerprint density at radius 2 is 1.16 bits per heavy atom. The first-order valence-electron chi connectivity index (χ1n) is 7.73. The van der Waals surface area contributed by atoms with Crippen LogP contribution in [0.15, 0.2) is 48.5 Å². The van der Waals surface area contributed by atoms with Gasteiger partial charge in [-0.3, -0.25) is 5.32 Å². The first-order valence-corrected chi connectivity index (χ1v) is 7.73. The molecule has 3 rings (SSSR count). The Kier molecular flexibility index (Phi) is 4.85. The first kappa shape index (κ1) is 16.8. The summed E-state index contributed by atoms with van der Waals surface area (Å²) >= 11 is 0. The maximum Gasteiger partial charge on any atom is 0.328 e. The van der Waals surface area contributed by atoms with Crippen LogP contribution in [-0.2, 0) is 19.1 Å². The van der Waals surface area contributed by atoms with E-state index in [0.29, 0.717) is 0 Å². The van der Waals surface area contributed by atoms with Crippen LogP contribution in [-0.4, -0.2) is 35.4 Å². The number of esters is 2. The van der Waals surface area contributed by atoms with Gasteiger partial charge in [0.2, 0.25) is 0 Å². The van der Waals surface area contributed by atoms with Crippen LogP contribution in [0.2, 0.25) is 0 Å². The largest absolute Gasteiger partial charge is 0.508 e. The van der Waals surface area contributed by atoms with E-state index in [9.17, 15) is 19.8 Å². The van der Waals surface area contributed by atoms with Crippen molar-refractivity contribution in [2.75, 3.05) is 13.2 Å². The van der Waals surface area contributed by atoms with E-state index in [-0.39, 0.29) is 35.8 Å². The topological polar surface area (TPSA) is 105 Å². The van der Waals surface area contributed by atoms with E-state index in [0.717, 1.165) is 0 Å². The molecular weight excluding hydrogens is 326 g/mol. The number of hydrogen-bond donors (Lipinski definition) is 3. The van der Waals surface area contributed by atoms with Crippen LogP contribution in [0, 0.1) is 0 Å². The highest BCUT2D eigenvalue weighted by Crippen LogP contribution is 2.31. The zero-order valence-corrected chi connectivity index (χ0v) is 13.2. The Labute approximate surface area is 143 Å². The van der Waals surface area contributed by atoms with Crippen molar-refractivity contribution in [2.24, 2.45) is 0 Å². The summed E-state index contributed by atoms with van der Waals surface area (Å²) in [5.74, 6) is -1.53. The Morgan fingerprint density at radius 1 is 0.760 bits per heavy atom. The quantitative estimate of drug-likeness (QED) is 0.711. The van der Waals surface area contributed by atoms with Crippen molar-refractivity contribution in [1.29, 1.82) is 0 Å². The summed E-state index contributed by atoms with van der Waals surface area (Å²) in [6, 6.07) is 10.3. The molecule has 1 fully saturated rings. The molecule has 1 saturated heterocycles. The van der Waals surface area contributed by atoms with Gasteiger partial charge in [0.25, 0.3) is 0 Å². The van der Waals surface area contributed by atoms with E-state index in [1.54, 1.807) is 36.4 Å². The molecule has 7 heteroatoms. The zero-order chi connectivity index (χ0) is 17.8. The van der Waals surface area contributed by atoms with Crippen LogP contribution in [0.5, 0.6) is 11.5 Å². The molecule has 2 aromatic carbocycles. The Bertz CT molecular complexity index is 725. The molecule has 7 nitrogen and oxygen atoms in total.